The SMILES string of the molecule is CCC1CCC([C@@H]2CC[C@H](N)CC2CCCNN)CC1. The van der Waals surface area contributed by atoms with Crippen molar-refractivity contribution in [2.75, 3.05) is 6.54 Å². The summed E-state index contributed by atoms with van der Waals surface area (Å²) in [5.41, 5.74) is 9.02. The van der Waals surface area contributed by atoms with Crippen LogP contribution in [0.1, 0.15) is 71.1 Å². The lowest BCUT2D eigenvalue weighted by atomic mass is 9.64. The van der Waals surface area contributed by atoms with Gasteiger partial charge in [-0.15, -0.1) is 0 Å². The number of hydrazine groups is 1. The molecule has 2 saturated carbocycles. The van der Waals surface area contributed by atoms with Crippen LogP contribution in [-0.4, -0.2) is 12.6 Å². The average molecular weight is 281 g/mol. The summed E-state index contributed by atoms with van der Waals surface area (Å²) in [7, 11) is 0. The summed E-state index contributed by atoms with van der Waals surface area (Å²) in [5.74, 6) is 9.21. The first kappa shape index (κ1) is 16.3. The van der Waals surface area contributed by atoms with Crippen LogP contribution >= 0.6 is 0 Å². The topological polar surface area (TPSA) is 64.1 Å². The van der Waals surface area contributed by atoms with Crippen molar-refractivity contribution in [2.24, 2.45) is 35.2 Å². The molecule has 0 aliphatic heterocycles. The van der Waals surface area contributed by atoms with Gasteiger partial charge in [0, 0.05) is 12.6 Å². The molecule has 0 aromatic carbocycles. The van der Waals surface area contributed by atoms with E-state index in [2.05, 4.69) is 12.3 Å². The summed E-state index contributed by atoms with van der Waals surface area (Å²) in [6, 6.07) is 0.453. The molecule has 2 aliphatic rings. The Hall–Kier alpha value is -0.120. The Morgan fingerprint density at radius 3 is 2.45 bits per heavy atom. The van der Waals surface area contributed by atoms with Crippen molar-refractivity contribution in [1.29, 1.82) is 0 Å². The van der Waals surface area contributed by atoms with Crippen LogP contribution < -0.4 is 17.0 Å². The van der Waals surface area contributed by atoms with Crippen molar-refractivity contribution in [3.63, 3.8) is 0 Å². The summed E-state index contributed by atoms with van der Waals surface area (Å²) in [6.07, 6.45) is 13.7. The Morgan fingerprint density at radius 1 is 1.05 bits per heavy atom. The van der Waals surface area contributed by atoms with Gasteiger partial charge in [0.25, 0.3) is 0 Å². The monoisotopic (exact) mass is 281 g/mol. The van der Waals surface area contributed by atoms with Crippen molar-refractivity contribution in [3.8, 4) is 0 Å². The highest BCUT2D eigenvalue weighted by Gasteiger charge is 2.35. The molecule has 0 heterocycles. The van der Waals surface area contributed by atoms with E-state index >= 15 is 0 Å². The van der Waals surface area contributed by atoms with Gasteiger partial charge in [0.15, 0.2) is 0 Å². The van der Waals surface area contributed by atoms with E-state index in [1.54, 1.807) is 0 Å². The van der Waals surface area contributed by atoms with E-state index < -0.39 is 0 Å². The zero-order valence-corrected chi connectivity index (χ0v) is 13.3. The Bertz CT molecular complexity index is 261. The van der Waals surface area contributed by atoms with Crippen LogP contribution in [0.2, 0.25) is 0 Å². The molecule has 2 aliphatic carbocycles. The van der Waals surface area contributed by atoms with Gasteiger partial charge in [0.2, 0.25) is 0 Å². The maximum atomic E-state index is 6.22. The lowest BCUT2D eigenvalue weighted by molar-refractivity contribution is 0.0971. The molecule has 0 saturated heterocycles. The number of hydrogen-bond acceptors (Lipinski definition) is 3. The van der Waals surface area contributed by atoms with E-state index in [9.17, 15) is 0 Å². The highest BCUT2D eigenvalue weighted by molar-refractivity contribution is 4.88. The number of nitrogens with one attached hydrogen (secondary N) is 1. The van der Waals surface area contributed by atoms with Gasteiger partial charge < -0.3 is 5.73 Å². The van der Waals surface area contributed by atoms with Gasteiger partial charge in [-0.25, -0.2) is 0 Å². The van der Waals surface area contributed by atoms with Crippen molar-refractivity contribution >= 4 is 0 Å². The zero-order chi connectivity index (χ0) is 14.4. The first-order valence-electron chi connectivity index (χ1n) is 8.93. The van der Waals surface area contributed by atoms with Gasteiger partial charge in [-0.05, 0) is 68.6 Å². The van der Waals surface area contributed by atoms with Gasteiger partial charge >= 0.3 is 0 Å². The fraction of sp³-hybridized carbons (Fsp3) is 1.00. The van der Waals surface area contributed by atoms with E-state index in [0.29, 0.717) is 6.04 Å². The van der Waals surface area contributed by atoms with E-state index in [1.165, 1.54) is 64.2 Å². The Balaban J connectivity index is 1.86. The minimum absolute atomic E-state index is 0.453. The molecule has 3 nitrogen and oxygen atoms in total. The molecule has 3 atom stereocenters. The van der Waals surface area contributed by atoms with Crippen LogP contribution in [-0.2, 0) is 0 Å². The third-order valence-corrected chi connectivity index (χ3v) is 6.05. The molecule has 5 N–H and O–H groups in total. The standard InChI is InChI=1S/C17H35N3/c1-2-13-5-7-14(8-6-13)17-10-9-16(18)12-15(17)4-3-11-20-19/h13-17,20H,2-12,18-19H2,1H3/t13?,14?,15?,16-,17-/m0/s1. The van der Waals surface area contributed by atoms with Crippen LogP contribution in [0.3, 0.4) is 0 Å². The summed E-state index contributed by atoms with van der Waals surface area (Å²) < 4.78 is 0. The second kappa shape index (κ2) is 8.35. The molecule has 20 heavy (non-hydrogen) atoms. The van der Waals surface area contributed by atoms with Crippen molar-refractivity contribution in [2.45, 2.75) is 77.2 Å². The fourth-order valence-electron chi connectivity index (χ4n) is 4.77. The molecule has 0 aromatic heterocycles. The molecular formula is C17H35N3. The predicted octanol–water partition coefficient (Wildman–Crippen LogP) is 3.19. The summed E-state index contributed by atoms with van der Waals surface area (Å²) >= 11 is 0. The molecule has 2 rings (SSSR count). The van der Waals surface area contributed by atoms with Crippen LogP contribution in [0.5, 0.6) is 0 Å². The molecule has 0 spiro atoms. The zero-order valence-electron chi connectivity index (χ0n) is 13.3. The van der Waals surface area contributed by atoms with E-state index in [0.717, 1.165) is 30.2 Å². The first-order chi connectivity index (χ1) is 9.74. The van der Waals surface area contributed by atoms with Gasteiger partial charge in [-0.1, -0.05) is 26.2 Å². The maximum Gasteiger partial charge on any atom is 0.00975 e. The number of rotatable bonds is 6. The Morgan fingerprint density at radius 2 is 1.80 bits per heavy atom. The highest BCUT2D eigenvalue weighted by Crippen LogP contribution is 2.44. The highest BCUT2D eigenvalue weighted by atomic mass is 15.2. The molecule has 2 fully saturated rings. The van der Waals surface area contributed by atoms with Crippen molar-refractivity contribution in [3.05, 3.63) is 0 Å². The smallest absolute Gasteiger partial charge is 0.00975 e. The van der Waals surface area contributed by atoms with E-state index in [4.69, 9.17) is 11.6 Å². The molecule has 118 valence electrons. The quantitative estimate of drug-likeness (QED) is 0.398. The Kier molecular flexibility index (Phi) is 6.79. The van der Waals surface area contributed by atoms with Gasteiger partial charge in [0.05, 0.1) is 0 Å². The first-order valence-corrected chi connectivity index (χ1v) is 8.93. The van der Waals surface area contributed by atoms with Gasteiger partial charge in [-0.3, -0.25) is 11.3 Å². The van der Waals surface area contributed by atoms with Gasteiger partial charge in [-0.2, -0.15) is 0 Å². The second-order valence-electron chi connectivity index (χ2n) is 7.28. The lowest BCUT2D eigenvalue weighted by Gasteiger charge is -2.42. The number of hydrogen-bond donors (Lipinski definition) is 3. The summed E-state index contributed by atoms with van der Waals surface area (Å²) in [6.45, 7) is 3.30. The third-order valence-electron chi connectivity index (χ3n) is 6.05. The van der Waals surface area contributed by atoms with E-state index in [1.807, 2.05) is 0 Å². The van der Waals surface area contributed by atoms with Crippen LogP contribution in [0, 0.1) is 23.7 Å². The van der Waals surface area contributed by atoms with E-state index in [-0.39, 0.29) is 0 Å². The third kappa shape index (κ3) is 4.44. The number of nitrogens with two attached hydrogens (primary N) is 2. The predicted molar refractivity (Wildman–Crippen MR) is 86.0 cm³/mol. The molecule has 0 bridgehead atoms. The van der Waals surface area contributed by atoms with Crippen LogP contribution in [0.4, 0.5) is 0 Å². The van der Waals surface area contributed by atoms with Crippen LogP contribution in [0.25, 0.3) is 0 Å². The van der Waals surface area contributed by atoms with Crippen LogP contribution in [0.15, 0.2) is 0 Å². The second-order valence-corrected chi connectivity index (χ2v) is 7.28. The maximum absolute atomic E-state index is 6.22. The minimum atomic E-state index is 0.453. The Labute approximate surface area is 125 Å². The average Bonchev–Trinajstić information content (AvgIpc) is 2.48. The van der Waals surface area contributed by atoms with Crippen molar-refractivity contribution < 1.29 is 0 Å². The largest absolute Gasteiger partial charge is 0.328 e. The van der Waals surface area contributed by atoms with Crippen molar-refractivity contribution in [1.82, 2.24) is 5.43 Å². The molecular weight excluding hydrogens is 246 g/mol. The summed E-state index contributed by atoms with van der Waals surface area (Å²) in [4.78, 5) is 0. The fourth-order valence-corrected chi connectivity index (χ4v) is 4.77. The normalized spacial score (nSPS) is 38.9. The van der Waals surface area contributed by atoms with Gasteiger partial charge in [0.1, 0.15) is 0 Å². The molecule has 0 amide bonds. The molecule has 0 aromatic rings. The molecule has 1 unspecified atom stereocenters. The lowest BCUT2D eigenvalue weighted by Crippen LogP contribution is -2.38. The minimum Gasteiger partial charge on any atom is -0.328 e. The molecule has 0 radical (unpaired) electrons. The summed E-state index contributed by atoms with van der Waals surface area (Å²) in [5, 5.41) is 0. The molecule has 3 heteroatoms.